The first-order valence-electron chi connectivity index (χ1n) is 22.6. The number of benzene rings is 4. The molecule has 1 aliphatic heterocycles. The van der Waals surface area contributed by atoms with Gasteiger partial charge in [-0.3, -0.25) is 33.5 Å². The average molecular weight is 971 g/mol. The molecule has 0 saturated carbocycles. The highest BCUT2D eigenvalue weighted by atomic mass is 32.1. The fraction of sp³-hybridized carbons (Fsp3) is 0.216. The lowest BCUT2D eigenvalue weighted by Gasteiger charge is -2.38. The fourth-order valence-electron chi connectivity index (χ4n) is 8.60. The van der Waals surface area contributed by atoms with Crippen molar-refractivity contribution in [3.8, 4) is 38.9 Å². The van der Waals surface area contributed by atoms with Crippen molar-refractivity contribution in [2.75, 3.05) is 13.1 Å². The Morgan fingerprint density at radius 3 is 2.24 bits per heavy atom. The van der Waals surface area contributed by atoms with Gasteiger partial charge >= 0.3 is 5.56 Å². The summed E-state index contributed by atoms with van der Waals surface area (Å²) < 4.78 is 4.37. The maximum absolute atomic E-state index is 13.8. The summed E-state index contributed by atoms with van der Waals surface area (Å²) in [6.45, 7) is 3.10. The van der Waals surface area contributed by atoms with E-state index in [0.717, 1.165) is 44.8 Å². The largest absolute Gasteiger partial charge is 0.388 e. The second kappa shape index (κ2) is 19.5. The van der Waals surface area contributed by atoms with E-state index < -0.39 is 11.2 Å². The molecule has 4 aromatic carbocycles. The highest BCUT2D eigenvalue weighted by Crippen LogP contribution is 2.32. The number of amides is 2. The quantitative estimate of drug-likeness (QED) is 0.0892. The van der Waals surface area contributed by atoms with E-state index in [-0.39, 0.29) is 52.7 Å². The van der Waals surface area contributed by atoms with Gasteiger partial charge in [-0.2, -0.15) is 9.78 Å². The molecule has 0 unspecified atom stereocenters. The maximum Gasteiger partial charge on any atom is 0.301 e. The Bertz CT molecular complexity index is 3480. The number of thiazole rings is 2. The molecule has 5 aromatic heterocycles. The molecule has 17 nitrogen and oxygen atoms in total. The molecule has 1 fully saturated rings. The number of aliphatic hydroxyl groups is 1. The Morgan fingerprint density at radius 1 is 0.843 bits per heavy atom. The van der Waals surface area contributed by atoms with Gasteiger partial charge in [-0.1, -0.05) is 134 Å². The summed E-state index contributed by atoms with van der Waals surface area (Å²) in [5.74, 6) is -0.221. The van der Waals surface area contributed by atoms with Gasteiger partial charge < -0.3 is 15.3 Å². The number of H-pyrrole nitrogens is 1. The molecular weight excluding hydrogens is 925 g/mol. The summed E-state index contributed by atoms with van der Waals surface area (Å²) in [6, 6.07) is 36.5. The van der Waals surface area contributed by atoms with Crippen LogP contribution in [0.5, 0.6) is 0 Å². The number of fused-ring (bicyclic) bond motifs is 1. The van der Waals surface area contributed by atoms with E-state index in [0.29, 0.717) is 59.3 Å². The van der Waals surface area contributed by atoms with Crippen molar-refractivity contribution in [3.63, 3.8) is 0 Å². The zero-order chi connectivity index (χ0) is 48.4. The smallest absolute Gasteiger partial charge is 0.301 e. The third-order valence-corrected chi connectivity index (χ3v) is 14.2. The minimum Gasteiger partial charge on any atom is -0.388 e. The number of aromatic nitrogens is 8. The normalized spacial score (nSPS) is 14.1. The number of piperidine rings is 1. The lowest BCUT2D eigenvalue weighted by atomic mass is 9.90. The SMILES string of the molecule is C[C@H](CC(=O)N1CCC(O)(Cn2cnc3c(-c4ccc(CNC(=O)c5cnc(N=Nc6c(-c7ccccc7)[nH]n(-c7nc(-c8ccccc8)cs7)c6=O)s5)cc4)n(C)nc3c2=O)CC1)c1ccccc1. The molecule has 9 aromatic rings. The number of hydrogen-bond donors (Lipinski definition) is 3. The standard InChI is InChI=1S/C51H46N12O5S2/c1-32(34-12-6-3-7-13-34)26-40(64)61-24-22-51(68,23-25-61)30-62-31-54-42-44(47(62)66)58-60(2)45(42)37-20-18-33(19-21-37)27-52-46(65)39-28-53-49(70-39)57-56-43-41(36-16-10-5-11-17-36)59-63(48(43)67)50-55-38(29-69-50)35-14-8-4-9-15-35/h3-21,28-29,31-32,59,68H,22-27,30H2,1-2H3,(H,52,65)/t32-/m1/s1. The van der Waals surface area contributed by atoms with Gasteiger partial charge in [0.05, 0.1) is 41.8 Å². The second-order valence-electron chi connectivity index (χ2n) is 17.3. The van der Waals surface area contributed by atoms with Crippen LogP contribution in [0, 0.1) is 0 Å². The van der Waals surface area contributed by atoms with Gasteiger partial charge in [0.25, 0.3) is 11.5 Å². The number of rotatable bonds is 14. The van der Waals surface area contributed by atoms with Crippen molar-refractivity contribution >= 4 is 56.3 Å². The van der Waals surface area contributed by atoms with Crippen molar-refractivity contribution in [3.05, 3.63) is 170 Å². The predicted octanol–water partition coefficient (Wildman–Crippen LogP) is 8.42. The van der Waals surface area contributed by atoms with E-state index in [1.54, 1.807) is 16.6 Å². The molecule has 2 amide bonds. The first-order chi connectivity index (χ1) is 34.0. The first kappa shape index (κ1) is 45.8. The second-order valence-corrected chi connectivity index (χ2v) is 19.1. The van der Waals surface area contributed by atoms with Crippen molar-refractivity contribution in [2.24, 2.45) is 17.3 Å². The van der Waals surface area contributed by atoms with Crippen LogP contribution in [-0.4, -0.2) is 79.6 Å². The fourth-order valence-corrected chi connectivity index (χ4v) is 10.0. The van der Waals surface area contributed by atoms with Crippen LogP contribution in [-0.2, 0) is 24.9 Å². The Balaban J connectivity index is 0.770. The number of aromatic amines is 1. The van der Waals surface area contributed by atoms with Gasteiger partial charge in [-0.15, -0.1) is 21.6 Å². The van der Waals surface area contributed by atoms with Gasteiger partial charge in [0.1, 0.15) is 10.4 Å². The third-order valence-electron chi connectivity index (χ3n) is 12.5. The summed E-state index contributed by atoms with van der Waals surface area (Å²) in [5, 5.41) is 33.3. The highest BCUT2D eigenvalue weighted by molar-refractivity contribution is 7.17. The minimum atomic E-state index is -1.18. The van der Waals surface area contributed by atoms with Gasteiger partial charge in [-0.05, 0) is 29.9 Å². The molecule has 0 spiro atoms. The molecule has 0 bridgehead atoms. The van der Waals surface area contributed by atoms with Crippen molar-refractivity contribution in [1.29, 1.82) is 0 Å². The van der Waals surface area contributed by atoms with Gasteiger partial charge in [0.2, 0.25) is 16.2 Å². The van der Waals surface area contributed by atoms with Crippen LogP contribution < -0.4 is 16.4 Å². The number of nitrogens with zero attached hydrogens (tertiary/aromatic N) is 10. The van der Waals surface area contributed by atoms with Crippen LogP contribution in [0.3, 0.4) is 0 Å². The Labute approximate surface area is 408 Å². The van der Waals surface area contributed by atoms with Crippen molar-refractivity contribution in [1.82, 2.24) is 49.3 Å². The molecule has 3 N–H and O–H groups in total. The van der Waals surface area contributed by atoms with E-state index in [1.807, 2.05) is 128 Å². The summed E-state index contributed by atoms with van der Waals surface area (Å²) >= 11 is 2.36. The first-order valence-corrected chi connectivity index (χ1v) is 24.3. The molecule has 0 aliphatic carbocycles. The highest BCUT2D eigenvalue weighted by Gasteiger charge is 2.35. The third kappa shape index (κ3) is 9.54. The molecule has 352 valence electrons. The molecule has 10 rings (SSSR count). The molecular formula is C51H46N12O5S2. The van der Waals surface area contributed by atoms with Crippen molar-refractivity contribution < 1.29 is 14.7 Å². The number of carbonyl (C=O) groups excluding carboxylic acids is 2. The lowest BCUT2D eigenvalue weighted by Crippen LogP contribution is -2.49. The zero-order valence-corrected chi connectivity index (χ0v) is 39.7. The van der Waals surface area contributed by atoms with E-state index in [1.165, 1.54) is 33.1 Å². The monoisotopic (exact) mass is 970 g/mol. The van der Waals surface area contributed by atoms with Crippen LogP contribution in [0.2, 0.25) is 0 Å². The number of carbonyl (C=O) groups is 2. The molecule has 1 aliphatic rings. The van der Waals surface area contributed by atoms with Gasteiger partial charge in [0, 0.05) is 55.2 Å². The predicted molar refractivity (Wildman–Crippen MR) is 269 cm³/mol. The number of azo groups is 1. The number of nitrogens with one attached hydrogen (secondary N) is 2. The molecule has 1 saturated heterocycles. The summed E-state index contributed by atoms with van der Waals surface area (Å²) in [5.41, 5.74) is 4.91. The molecule has 70 heavy (non-hydrogen) atoms. The van der Waals surface area contributed by atoms with Gasteiger partial charge in [0.15, 0.2) is 11.2 Å². The summed E-state index contributed by atoms with van der Waals surface area (Å²) in [6.07, 6.45) is 3.93. The summed E-state index contributed by atoms with van der Waals surface area (Å²) in [7, 11) is 1.75. The molecule has 1 atom stereocenters. The summed E-state index contributed by atoms with van der Waals surface area (Å²) in [4.78, 5) is 69.7. The van der Waals surface area contributed by atoms with E-state index in [9.17, 15) is 24.3 Å². The Morgan fingerprint density at radius 2 is 1.53 bits per heavy atom. The van der Waals surface area contributed by atoms with E-state index in [2.05, 4.69) is 35.7 Å². The number of aryl methyl sites for hydroxylation is 1. The van der Waals surface area contributed by atoms with E-state index in [4.69, 9.17) is 4.98 Å². The Kier molecular flexibility index (Phi) is 12.8. The Hall–Kier alpha value is -8.00. The van der Waals surface area contributed by atoms with E-state index >= 15 is 0 Å². The van der Waals surface area contributed by atoms with Crippen LogP contribution in [0.1, 0.15) is 52.9 Å². The van der Waals surface area contributed by atoms with Crippen LogP contribution in [0.4, 0.5) is 10.8 Å². The number of hydrogen-bond acceptors (Lipinski definition) is 13. The number of likely N-dealkylation sites (tertiary alicyclic amines) is 1. The van der Waals surface area contributed by atoms with Gasteiger partial charge in [-0.25, -0.2) is 15.0 Å². The topological polar surface area (TPSA) is 211 Å². The average Bonchev–Trinajstić information content (AvgIpc) is 4.21. The maximum atomic E-state index is 13.8. The lowest BCUT2D eigenvalue weighted by molar-refractivity contribution is -0.136. The van der Waals surface area contributed by atoms with Crippen molar-refractivity contribution in [2.45, 2.75) is 50.8 Å². The zero-order valence-electron chi connectivity index (χ0n) is 38.1. The molecule has 19 heteroatoms. The van der Waals surface area contributed by atoms with Crippen LogP contribution >= 0.6 is 22.7 Å². The minimum absolute atomic E-state index is 0.0349. The molecule has 6 heterocycles. The van der Waals surface area contributed by atoms with Crippen LogP contribution in [0.25, 0.3) is 49.9 Å². The van der Waals surface area contributed by atoms with Crippen LogP contribution in [0.15, 0.2) is 153 Å². The molecule has 0 radical (unpaired) electrons.